The van der Waals surface area contributed by atoms with Crippen molar-refractivity contribution in [1.82, 2.24) is 0 Å². The predicted molar refractivity (Wildman–Crippen MR) is 85.4 cm³/mol. The zero-order chi connectivity index (χ0) is 16.7. The van der Waals surface area contributed by atoms with E-state index in [4.69, 9.17) is 4.74 Å². The van der Waals surface area contributed by atoms with Gasteiger partial charge in [-0.2, -0.15) is 0 Å². The van der Waals surface area contributed by atoms with Gasteiger partial charge in [0.25, 0.3) is 0 Å². The number of ether oxygens (including phenoxy) is 1. The van der Waals surface area contributed by atoms with Gasteiger partial charge in [-0.1, -0.05) is 30.3 Å². The fourth-order valence-electron chi connectivity index (χ4n) is 1.97. The topological polar surface area (TPSA) is 35.5 Å². The molecule has 0 heterocycles. The molecule has 0 unspecified atom stereocenters. The van der Waals surface area contributed by atoms with E-state index >= 15 is 0 Å². The van der Waals surface area contributed by atoms with Gasteiger partial charge in [-0.25, -0.2) is 8.63 Å². The van der Waals surface area contributed by atoms with Gasteiger partial charge in [-0.3, -0.25) is 4.79 Å². The van der Waals surface area contributed by atoms with Crippen molar-refractivity contribution in [3.05, 3.63) is 71.8 Å². The third-order valence-corrected chi connectivity index (χ3v) is 2.99. The van der Waals surface area contributed by atoms with E-state index in [0.29, 0.717) is 23.5 Å². The molecular weight excluding hydrogens is 301 g/mol. The molecule has 0 aliphatic heterocycles. The fraction of sp³-hybridized carbons (Fsp3) is 0.118. The van der Waals surface area contributed by atoms with Gasteiger partial charge in [0, 0.05) is 17.2 Å². The summed E-state index contributed by atoms with van der Waals surface area (Å²) in [5.41, 5.74) is 0.770. The smallest absolute Gasteiger partial charge is 0.505 e. The van der Waals surface area contributed by atoms with Crippen LogP contribution in [0.4, 0.5) is 8.63 Å². The van der Waals surface area contributed by atoms with Crippen LogP contribution in [0.5, 0.6) is 5.75 Å². The lowest BCUT2D eigenvalue weighted by Crippen LogP contribution is -2.06. The second kappa shape index (κ2) is 8.12. The summed E-state index contributed by atoms with van der Waals surface area (Å²) in [5.74, 6) is 0.0223. The highest BCUT2D eigenvalue weighted by Crippen LogP contribution is 2.22. The summed E-state index contributed by atoms with van der Waals surface area (Å²) in [6, 6.07) is 14.8. The number of carbonyl (C=O) groups is 1. The van der Waals surface area contributed by atoms with Gasteiger partial charge < -0.3 is 9.39 Å². The first kappa shape index (κ1) is 16.7. The summed E-state index contributed by atoms with van der Waals surface area (Å²) in [6.45, 7) is 2.35. The van der Waals surface area contributed by atoms with Gasteiger partial charge in [-0.15, -0.1) is 0 Å². The Labute approximate surface area is 133 Å². The van der Waals surface area contributed by atoms with Crippen molar-refractivity contribution in [2.75, 3.05) is 6.61 Å². The second-order valence-electron chi connectivity index (χ2n) is 4.57. The normalized spacial score (nSPS) is 11.0. The molecular formula is C17H15BF2O3. The minimum absolute atomic E-state index is 0.183. The first-order chi connectivity index (χ1) is 11.1. The molecule has 0 atom stereocenters. The van der Waals surface area contributed by atoms with Crippen LogP contribution in [0.1, 0.15) is 22.8 Å². The molecule has 2 aromatic carbocycles. The minimum Gasteiger partial charge on any atom is -0.505 e. The van der Waals surface area contributed by atoms with Crippen LogP contribution in [-0.2, 0) is 4.65 Å². The van der Waals surface area contributed by atoms with Crippen molar-refractivity contribution in [1.29, 1.82) is 0 Å². The maximum atomic E-state index is 12.6. The number of rotatable bonds is 7. The number of ketones is 1. The largest absolute Gasteiger partial charge is 0.796 e. The Morgan fingerprint density at radius 3 is 2.26 bits per heavy atom. The summed E-state index contributed by atoms with van der Waals surface area (Å²) in [6.07, 6.45) is 1.07. The summed E-state index contributed by atoms with van der Waals surface area (Å²) < 4.78 is 35.0. The third-order valence-electron chi connectivity index (χ3n) is 2.99. The monoisotopic (exact) mass is 316 g/mol. The van der Waals surface area contributed by atoms with E-state index in [1.54, 1.807) is 54.6 Å². The second-order valence-corrected chi connectivity index (χ2v) is 4.57. The Bertz CT molecular complexity index is 670. The number of hydrogen-bond acceptors (Lipinski definition) is 3. The molecule has 0 aromatic heterocycles. The van der Waals surface area contributed by atoms with Crippen LogP contribution in [0.25, 0.3) is 5.76 Å². The van der Waals surface area contributed by atoms with E-state index < -0.39 is 13.3 Å². The Balaban J connectivity index is 2.29. The molecule has 0 amide bonds. The molecule has 0 saturated heterocycles. The molecule has 23 heavy (non-hydrogen) atoms. The molecule has 0 saturated carbocycles. The van der Waals surface area contributed by atoms with Crippen LogP contribution >= 0.6 is 0 Å². The van der Waals surface area contributed by atoms with Crippen LogP contribution in [-0.4, -0.2) is 19.9 Å². The lowest BCUT2D eigenvalue weighted by Gasteiger charge is -2.10. The molecule has 0 N–H and O–H groups in total. The zero-order valence-corrected chi connectivity index (χ0v) is 12.5. The van der Waals surface area contributed by atoms with E-state index in [1.165, 1.54) is 0 Å². The van der Waals surface area contributed by atoms with Crippen LogP contribution in [0.3, 0.4) is 0 Å². The molecule has 0 aliphatic rings. The van der Waals surface area contributed by atoms with E-state index in [-0.39, 0.29) is 5.76 Å². The summed E-state index contributed by atoms with van der Waals surface area (Å²) in [5, 5.41) is 0. The van der Waals surface area contributed by atoms with E-state index in [2.05, 4.69) is 4.65 Å². The lowest BCUT2D eigenvalue weighted by molar-refractivity contribution is 0.104. The highest BCUT2D eigenvalue weighted by molar-refractivity contribution is 6.36. The van der Waals surface area contributed by atoms with Gasteiger partial charge in [0.15, 0.2) is 5.78 Å². The van der Waals surface area contributed by atoms with Crippen LogP contribution < -0.4 is 4.74 Å². The van der Waals surface area contributed by atoms with Crippen molar-refractivity contribution >= 4 is 19.0 Å². The highest BCUT2D eigenvalue weighted by Gasteiger charge is 2.21. The predicted octanol–water partition coefficient (Wildman–Crippen LogP) is 4.25. The van der Waals surface area contributed by atoms with Crippen LogP contribution in [0.2, 0.25) is 0 Å². The minimum atomic E-state index is -3.02. The maximum absolute atomic E-state index is 12.6. The molecule has 2 aromatic rings. The highest BCUT2D eigenvalue weighted by atomic mass is 19.2. The van der Waals surface area contributed by atoms with Gasteiger partial charge in [0.1, 0.15) is 11.5 Å². The van der Waals surface area contributed by atoms with Crippen molar-refractivity contribution in [3.63, 3.8) is 0 Å². The first-order valence-corrected chi connectivity index (χ1v) is 7.09. The van der Waals surface area contributed by atoms with Crippen molar-refractivity contribution in [2.24, 2.45) is 0 Å². The summed E-state index contributed by atoms with van der Waals surface area (Å²) >= 11 is 0. The lowest BCUT2D eigenvalue weighted by atomic mass is 10.1. The molecule has 0 bridgehead atoms. The SMILES string of the molecule is CCOc1ccc(/C(=C/C(=O)c2ccccc2)OB(F)F)cc1. The van der Waals surface area contributed by atoms with Gasteiger partial charge in [-0.05, 0) is 31.2 Å². The number of benzene rings is 2. The van der Waals surface area contributed by atoms with Crippen molar-refractivity contribution < 1.29 is 22.8 Å². The quantitative estimate of drug-likeness (QED) is 0.331. The van der Waals surface area contributed by atoms with E-state index in [0.717, 1.165) is 6.08 Å². The van der Waals surface area contributed by atoms with Gasteiger partial charge in [0.2, 0.25) is 0 Å². The van der Waals surface area contributed by atoms with Gasteiger partial charge in [0.05, 0.1) is 6.61 Å². The Morgan fingerprint density at radius 1 is 1.04 bits per heavy atom. The molecule has 118 valence electrons. The fourth-order valence-corrected chi connectivity index (χ4v) is 1.97. The molecule has 3 nitrogen and oxygen atoms in total. The zero-order valence-electron chi connectivity index (χ0n) is 12.5. The molecule has 6 heteroatoms. The van der Waals surface area contributed by atoms with Crippen molar-refractivity contribution in [2.45, 2.75) is 6.92 Å². The molecule has 0 spiro atoms. The average Bonchev–Trinajstić information content (AvgIpc) is 2.55. The number of halogens is 2. The maximum Gasteiger partial charge on any atom is 0.796 e. The summed E-state index contributed by atoms with van der Waals surface area (Å²) in [4.78, 5) is 12.2. The van der Waals surface area contributed by atoms with Crippen molar-refractivity contribution in [3.8, 4) is 5.75 Å². The third kappa shape index (κ3) is 4.95. The summed E-state index contributed by atoms with van der Waals surface area (Å²) in [7, 11) is -3.02. The number of allylic oxidation sites excluding steroid dienone is 1. The Hall–Kier alpha value is -2.63. The van der Waals surface area contributed by atoms with E-state index in [1.807, 2.05) is 6.92 Å². The van der Waals surface area contributed by atoms with Crippen LogP contribution in [0.15, 0.2) is 60.7 Å². The molecule has 0 aliphatic carbocycles. The number of hydrogen-bond donors (Lipinski definition) is 0. The van der Waals surface area contributed by atoms with Gasteiger partial charge >= 0.3 is 7.47 Å². The van der Waals surface area contributed by atoms with E-state index in [9.17, 15) is 13.4 Å². The average molecular weight is 316 g/mol. The van der Waals surface area contributed by atoms with Crippen LogP contribution in [0, 0.1) is 0 Å². The molecule has 0 radical (unpaired) electrons. The molecule has 0 fully saturated rings. The Kier molecular flexibility index (Phi) is 5.91. The first-order valence-electron chi connectivity index (χ1n) is 7.09. The Morgan fingerprint density at radius 2 is 1.70 bits per heavy atom. The number of carbonyl (C=O) groups excluding carboxylic acids is 1. The standard InChI is InChI=1S/C17H15BF2O3/c1-2-22-15-10-8-14(9-11-15)17(23-18(19)20)12-16(21)13-6-4-3-5-7-13/h3-12H,2H2,1H3/b17-12-. The molecule has 2 rings (SSSR count).